The number of alkyl halides is 3. The number of rotatable bonds is 5. The molecule has 0 radical (unpaired) electrons. The fraction of sp³-hybridized carbons (Fsp3) is 0.625. The van der Waals surface area contributed by atoms with Crippen molar-refractivity contribution < 1.29 is 17.9 Å². The molecule has 2 nitrogen and oxygen atoms in total. The lowest BCUT2D eigenvalue weighted by Crippen LogP contribution is -2.57. The van der Waals surface area contributed by atoms with Crippen molar-refractivity contribution in [1.82, 2.24) is 5.32 Å². The summed E-state index contributed by atoms with van der Waals surface area (Å²) in [4.78, 5) is 0. The van der Waals surface area contributed by atoms with E-state index in [-0.39, 0.29) is 17.1 Å². The van der Waals surface area contributed by atoms with Crippen LogP contribution in [0.15, 0.2) is 24.3 Å². The highest BCUT2D eigenvalue weighted by Gasteiger charge is 2.52. The molecule has 2 rings (SSSR count). The van der Waals surface area contributed by atoms with Crippen molar-refractivity contribution in [2.45, 2.75) is 51.4 Å². The van der Waals surface area contributed by atoms with Crippen molar-refractivity contribution in [1.29, 1.82) is 0 Å². The average molecular weight is 301 g/mol. The Morgan fingerprint density at radius 3 is 2.48 bits per heavy atom. The Bertz CT molecular complexity index is 483. The summed E-state index contributed by atoms with van der Waals surface area (Å²) in [5.41, 5.74) is 1.05. The highest BCUT2D eigenvalue weighted by molar-refractivity contribution is 5.35. The Morgan fingerprint density at radius 2 is 1.95 bits per heavy atom. The second-order valence-corrected chi connectivity index (χ2v) is 5.69. The molecule has 1 aromatic carbocycles. The van der Waals surface area contributed by atoms with Gasteiger partial charge in [0.15, 0.2) is 0 Å². The smallest absolute Gasteiger partial charge is 0.406 e. The largest absolute Gasteiger partial charge is 0.573 e. The predicted molar refractivity (Wildman–Crippen MR) is 76.3 cm³/mol. The van der Waals surface area contributed by atoms with Crippen LogP contribution >= 0.6 is 0 Å². The van der Waals surface area contributed by atoms with E-state index in [2.05, 4.69) is 23.9 Å². The molecule has 21 heavy (non-hydrogen) atoms. The van der Waals surface area contributed by atoms with Gasteiger partial charge in [-0.15, -0.1) is 13.2 Å². The minimum Gasteiger partial charge on any atom is -0.406 e. The number of halogens is 3. The van der Waals surface area contributed by atoms with Gasteiger partial charge in [-0.25, -0.2) is 0 Å². The molecule has 0 spiro atoms. The number of ether oxygens (including phenoxy) is 1. The lowest BCUT2D eigenvalue weighted by molar-refractivity contribution is -0.274. The topological polar surface area (TPSA) is 21.3 Å². The summed E-state index contributed by atoms with van der Waals surface area (Å²) in [5.74, 6) is 0.149. The quantitative estimate of drug-likeness (QED) is 0.866. The highest BCUT2D eigenvalue weighted by atomic mass is 19.4. The van der Waals surface area contributed by atoms with Crippen molar-refractivity contribution >= 4 is 0 Å². The molecule has 1 aliphatic carbocycles. The van der Waals surface area contributed by atoms with E-state index in [9.17, 15) is 13.2 Å². The third kappa shape index (κ3) is 3.03. The monoisotopic (exact) mass is 301 g/mol. The van der Waals surface area contributed by atoms with Gasteiger partial charge in [-0.1, -0.05) is 26.0 Å². The molecule has 1 aliphatic rings. The maximum Gasteiger partial charge on any atom is 0.573 e. The lowest BCUT2D eigenvalue weighted by Gasteiger charge is -2.56. The molecule has 0 bridgehead atoms. The summed E-state index contributed by atoms with van der Waals surface area (Å²) in [5, 5.41) is 3.34. The average Bonchev–Trinajstić information content (AvgIpc) is 2.38. The molecule has 0 heterocycles. The van der Waals surface area contributed by atoms with Gasteiger partial charge in [0.1, 0.15) is 5.75 Å². The highest BCUT2D eigenvalue weighted by Crippen LogP contribution is 2.57. The maximum absolute atomic E-state index is 12.3. The van der Waals surface area contributed by atoms with Gasteiger partial charge in [-0.05, 0) is 55.3 Å². The summed E-state index contributed by atoms with van der Waals surface area (Å²) < 4.78 is 41.1. The second kappa shape index (κ2) is 5.87. The van der Waals surface area contributed by atoms with Gasteiger partial charge in [0, 0.05) is 6.04 Å². The van der Waals surface area contributed by atoms with Crippen LogP contribution in [0.1, 0.15) is 44.6 Å². The van der Waals surface area contributed by atoms with E-state index < -0.39 is 6.36 Å². The first-order valence-corrected chi connectivity index (χ1v) is 7.39. The normalized spacial score (nSPS) is 24.5. The van der Waals surface area contributed by atoms with Gasteiger partial charge in [-0.3, -0.25) is 0 Å². The van der Waals surface area contributed by atoms with E-state index in [1.54, 1.807) is 6.07 Å². The molecule has 0 aromatic heterocycles. The zero-order chi connectivity index (χ0) is 15.7. The Morgan fingerprint density at radius 1 is 1.29 bits per heavy atom. The van der Waals surface area contributed by atoms with Gasteiger partial charge in [0.25, 0.3) is 0 Å². The van der Waals surface area contributed by atoms with Crippen molar-refractivity contribution in [2.24, 2.45) is 5.41 Å². The van der Waals surface area contributed by atoms with Crippen molar-refractivity contribution in [2.75, 3.05) is 7.05 Å². The Kier molecular flexibility index (Phi) is 4.51. The number of nitrogens with one attached hydrogen (secondary N) is 1. The fourth-order valence-electron chi connectivity index (χ4n) is 3.82. The summed E-state index contributed by atoms with van der Waals surface area (Å²) in [6.07, 6.45) is -1.68. The first kappa shape index (κ1) is 16.1. The van der Waals surface area contributed by atoms with Crippen LogP contribution in [0.4, 0.5) is 13.2 Å². The van der Waals surface area contributed by atoms with Crippen LogP contribution in [0.2, 0.25) is 0 Å². The van der Waals surface area contributed by atoms with Crippen LogP contribution in [0.5, 0.6) is 5.75 Å². The van der Waals surface area contributed by atoms with Crippen LogP contribution in [-0.4, -0.2) is 19.5 Å². The third-order valence-electron chi connectivity index (χ3n) is 5.02. The standard InChI is InChI=1S/C16H22F3NO/c1-4-15(5-2)13(10-14(15)20-3)11-7-6-8-12(9-11)21-16(17,18)19/h6-9,13-14,20H,4-5,10H2,1-3H3. The van der Waals surface area contributed by atoms with E-state index in [4.69, 9.17) is 0 Å². The Labute approximate surface area is 123 Å². The van der Waals surface area contributed by atoms with Gasteiger partial charge >= 0.3 is 6.36 Å². The SMILES string of the molecule is CCC1(CC)C(NC)CC1c1cccc(OC(F)(F)F)c1. The molecular formula is C16H22F3NO. The Balaban J connectivity index is 2.24. The summed E-state index contributed by atoms with van der Waals surface area (Å²) in [7, 11) is 1.95. The lowest BCUT2D eigenvalue weighted by atomic mass is 9.52. The minimum absolute atomic E-state index is 0.117. The molecular weight excluding hydrogens is 279 g/mol. The van der Waals surface area contributed by atoms with Crippen molar-refractivity contribution in [3.05, 3.63) is 29.8 Å². The molecule has 0 amide bonds. The third-order valence-corrected chi connectivity index (χ3v) is 5.02. The number of benzene rings is 1. The van der Waals surface area contributed by atoms with Gasteiger partial charge < -0.3 is 10.1 Å². The zero-order valence-corrected chi connectivity index (χ0v) is 12.6. The predicted octanol–water partition coefficient (Wildman–Crippen LogP) is 4.47. The van der Waals surface area contributed by atoms with Crippen LogP contribution in [0.25, 0.3) is 0 Å². The molecule has 0 saturated heterocycles. The van der Waals surface area contributed by atoms with E-state index in [1.807, 2.05) is 13.1 Å². The zero-order valence-electron chi connectivity index (χ0n) is 12.6. The van der Waals surface area contributed by atoms with Gasteiger partial charge in [0.2, 0.25) is 0 Å². The van der Waals surface area contributed by atoms with E-state index >= 15 is 0 Å². The molecule has 2 unspecified atom stereocenters. The molecule has 2 atom stereocenters. The van der Waals surface area contributed by atoms with Crippen LogP contribution in [0.3, 0.4) is 0 Å². The molecule has 1 saturated carbocycles. The summed E-state index contributed by atoms with van der Waals surface area (Å²) in [6, 6.07) is 6.85. The molecule has 1 aromatic rings. The first-order chi connectivity index (χ1) is 9.86. The van der Waals surface area contributed by atoms with Crippen LogP contribution in [0, 0.1) is 5.41 Å². The summed E-state index contributed by atoms with van der Waals surface area (Å²) >= 11 is 0. The van der Waals surface area contributed by atoms with E-state index in [1.165, 1.54) is 12.1 Å². The first-order valence-electron chi connectivity index (χ1n) is 7.39. The number of hydrogen-bond acceptors (Lipinski definition) is 2. The van der Waals surface area contributed by atoms with Crippen molar-refractivity contribution in [3.8, 4) is 5.75 Å². The van der Waals surface area contributed by atoms with E-state index in [0.717, 1.165) is 24.8 Å². The Hall–Kier alpha value is -1.23. The molecule has 1 fully saturated rings. The summed E-state index contributed by atoms with van der Waals surface area (Å²) in [6.45, 7) is 4.30. The van der Waals surface area contributed by atoms with Crippen LogP contribution in [-0.2, 0) is 0 Å². The molecule has 0 aliphatic heterocycles. The van der Waals surface area contributed by atoms with Crippen molar-refractivity contribution in [3.63, 3.8) is 0 Å². The minimum atomic E-state index is -4.64. The second-order valence-electron chi connectivity index (χ2n) is 5.69. The van der Waals surface area contributed by atoms with E-state index in [0.29, 0.717) is 6.04 Å². The van der Waals surface area contributed by atoms with Gasteiger partial charge in [0.05, 0.1) is 0 Å². The number of hydrogen-bond donors (Lipinski definition) is 1. The van der Waals surface area contributed by atoms with Gasteiger partial charge in [-0.2, -0.15) is 0 Å². The fourth-order valence-corrected chi connectivity index (χ4v) is 3.82. The molecule has 1 N–H and O–H groups in total. The maximum atomic E-state index is 12.3. The molecule has 5 heteroatoms. The molecule has 118 valence electrons. The van der Waals surface area contributed by atoms with Crippen LogP contribution < -0.4 is 10.1 Å².